The van der Waals surface area contributed by atoms with Crippen molar-refractivity contribution in [3.05, 3.63) is 53.1 Å². The van der Waals surface area contributed by atoms with Crippen LogP contribution in [0.1, 0.15) is 27.9 Å². The predicted molar refractivity (Wildman–Crippen MR) is 113 cm³/mol. The molecule has 1 amide bonds. The van der Waals surface area contributed by atoms with Gasteiger partial charge in [-0.2, -0.15) is 0 Å². The molecule has 0 spiro atoms. The van der Waals surface area contributed by atoms with Crippen LogP contribution in [0.4, 0.5) is 5.69 Å². The van der Waals surface area contributed by atoms with E-state index in [4.69, 9.17) is 9.47 Å². The summed E-state index contributed by atoms with van der Waals surface area (Å²) in [6.45, 7) is 7.22. The highest BCUT2D eigenvalue weighted by Gasteiger charge is 2.22. The van der Waals surface area contributed by atoms with E-state index in [-0.39, 0.29) is 5.91 Å². The van der Waals surface area contributed by atoms with Crippen molar-refractivity contribution >= 4 is 17.9 Å². The van der Waals surface area contributed by atoms with E-state index in [2.05, 4.69) is 11.0 Å². The maximum Gasteiger partial charge on any atom is 0.226 e. The highest BCUT2D eigenvalue weighted by molar-refractivity contribution is 5.80. The van der Waals surface area contributed by atoms with E-state index in [9.17, 15) is 9.59 Å². The molecule has 0 aliphatic carbocycles. The van der Waals surface area contributed by atoms with Gasteiger partial charge >= 0.3 is 0 Å². The molecule has 0 aromatic heterocycles. The quantitative estimate of drug-likeness (QED) is 0.673. The molecular weight excluding hydrogens is 368 g/mol. The van der Waals surface area contributed by atoms with E-state index >= 15 is 0 Å². The van der Waals surface area contributed by atoms with Crippen molar-refractivity contribution in [3.63, 3.8) is 0 Å². The Hall–Kier alpha value is -3.02. The Bertz CT molecular complexity index is 873. The first-order chi connectivity index (χ1) is 14.0. The van der Waals surface area contributed by atoms with Crippen LogP contribution < -0.4 is 14.4 Å². The minimum Gasteiger partial charge on any atom is -0.493 e. The average Bonchev–Trinajstić information content (AvgIpc) is 2.75. The Kier molecular flexibility index (Phi) is 6.75. The monoisotopic (exact) mass is 396 g/mol. The van der Waals surface area contributed by atoms with Gasteiger partial charge < -0.3 is 19.3 Å². The summed E-state index contributed by atoms with van der Waals surface area (Å²) in [7, 11) is 1.60. The number of amides is 1. The summed E-state index contributed by atoms with van der Waals surface area (Å²) in [5, 5.41) is 0. The second-order valence-electron chi connectivity index (χ2n) is 7.23. The highest BCUT2D eigenvalue weighted by atomic mass is 16.5. The first-order valence-electron chi connectivity index (χ1n) is 9.88. The fourth-order valence-electron chi connectivity index (χ4n) is 3.63. The van der Waals surface area contributed by atoms with Gasteiger partial charge in [-0.25, -0.2) is 0 Å². The number of benzene rings is 2. The van der Waals surface area contributed by atoms with Crippen LogP contribution in [0.5, 0.6) is 11.5 Å². The van der Waals surface area contributed by atoms with Crippen LogP contribution in [0.15, 0.2) is 36.4 Å². The Labute approximate surface area is 172 Å². The number of piperazine rings is 1. The Morgan fingerprint density at radius 1 is 1.03 bits per heavy atom. The van der Waals surface area contributed by atoms with E-state index in [0.29, 0.717) is 37.6 Å². The molecule has 0 radical (unpaired) electrons. The maximum atomic E-state index is 12.5. The molecule has 6 heteroatoms. The van der Waals surface area contributed by atoms with E-state index in [0.717, 1.165) is 41.8 Å². The lowest BCUT2D eigenvalue weighted by molar-refractivity contribution is -0.132. The summed E-state index contributed by atoms with van der Waals surface area (Å²) in [5.41, 5.74) is 3.94. The lowest BCUT2D eigenvalue weighted by Crippen LogP contribution is -2.49. The van der Waals surface area contributed by atoms with E-state index < -0.39 is 0 Å². The van der Waals surface area contributed by atoms with Crippen molar-refractivity contribution in [1.29, 1.82) is 0 Å². The number of hydrogen-bond donors (Lipinski definition) is 0. The van der Waals surface area contributed by atoms with Gasteiger partial charge in [0.15, 0.2) is 11.5 Å². The van der Waals surface area contributed by atoms with Crippen LogP contribution >= 0.6 is 0 Å². The van der Waals surface area contributed by atoms with Gasteiger partial charge in [-0.1, -0.05) is 12.1 Å². The number of rotatable bonds is 7. The zero-order valence-electron chi connectivity index (χ0n) is 17.3. The molecule has 1 heterocycles. The third kappa shape index (κ3) is 4.88. The molecule has 2 aromatic rings. The maximum absolute atomic E-state index is 12.5. The number of aryl methyl sites for hydroxylation is 2. The molecule has 0 saturated carbocycles. The summed E-state index contributed by atoms with van der Waals surface area (Å²) < 4.78 is 11.0. The Morgan fingerprint density at radius 3 is 2.38 bits per heavy atom. The van der Waals surface area contributed by atoms with Gasteiger partial charge in [0.25, 0.3) is 0 Å². The number of methoxy groups -OCH3 is 1. The number of carbonyl (C=O) groups excluding carboxylic acids is 2. The summed E-state index contributed by atoms with van der Waals surface area (Å²) in [6, 6.07) is 11.4. The SMILES string of the molecule is COc1ccccc1OCCC(=O)N1CCN(c2cc(C)c(C=O)cc2C)CC1. The number of hydrogen-bond acceptors (Lipinski definition) is 5. The summed E-state index contributed by atoms with van der Waals surface area (Å²) >= 11 is 0. The Balaban J connectivity index is 1.51. The van der Waals surface area contributed by atoms with Crippen LogP contribution in [-0.4, -0.2) is 57.0 Å². The Morgan fingerprint density at radius 2 is 1.72 bits per heavy atom. The number of aldehydes is 1. The lowest BCUT2D eigenvalue weighted by atomic mass is 10.0. The number of nitrogens with zero attached hydrogens (tertiary/aromatic N) is 2. The van der Waals surface area contributed by atoms with Crippen LogP contribution in [0.25, 0.3) is 0 Å². The van der Waals surface area contributed by atoms with Crippen LogP contribution in [0, 0.1) is 13.8 Å². The number of carbonyl (C=O) groups is 2. The van der Waals surface area contributed by atoms with E-state index in [1.54, 1.807) is 7.11 Å². The second kappa shape index (κ2) is 9.45. The number of para-hydroxylation sites is 2. The topological polar surface area (TPSA) is 59.1 Å². The minimum atomic E-state index is 0.101. The molecule has 0 N–H and O–H groups in total. The highest BCUT2D eigenvalue weighted by Crippen LogP contribution is 2.26. The molecule has 6 nitrogen and oxygen atoms in total. The fraction of sp³-hybridized carbons (Fsp3) is 0.391. The van der Waals surface area contributed by atoms with Gasteiger partial charge in [0.05, 0.1) is 20.1 Å². The van der Waals surface area contributed by atoms with Gasteiger partial charge in [0.1, 0.15) is 6.29 Å². The minimum absolute atomic E-state index is 0.101. The molecule has 1 fully saturated rings. The standard InChI is InChI=1S/C23H28N2O4/c1-17-15-20(18(2)14-19(17)16-26)24-9-11-25(12-10-24)23(27)8-13-29-22-7-5-4-6-21(22)28-3/h4-7,14-16H,8-13H2,1-3H3. The zero-order chi connectivity index (χ0) is 20.8. The summed E-state index contributed by atoms with van der Waals surface area (Å²) in [4.78, 5) is 27.8. The second-order valence-corrected chi connectivity index (χ2v) is 7.23. The van der Waals surface area contributed by atoms with Crippen LogP contribution in [0.2, 0.25) is 0 Å². The molecule has 0 atom stereocenters. The first kappa shape index (κ1) is 20.7. The number of ether oxygens (including phenoxy) is 2. The van der Waals surface area contributed by atoms with Crippen molar-refractivity contribution in [2.24, 2.45) is 0 Å². The van der Waals surface area contributed by atoms with Crippen molar-refractivity contribution in [2.75, 3.05) is 44.8 Å². The molecule has 3 rings (SSSR count). The molecule has 1 saturated heterocycles. The molecule has 154 valence electrons. The predicted octanol–water partition coefficient (Wildman–Crippen LogP) is 3.24. The average molecular weight is 396 g/mol. The lowest BCUT2D eigenvalue weighted by Gasteiger charge is -2.37. The zero-order valence-corrected chi connectivity index (χ0v) is 17.3. The van der Waals surface area contributed by atoms with Gasteiger partial charge in [0, 0.05) is 37.4 Å². The third-order valence-corrected chi connectivity index (χ3v) is 5.33. The van der Waals surface area contributed by atoms with Crippen LogP contribution in [-0.2, 0) is 4.79 Å². The first-order valence-corrected chi connectivity index (χ1v) is 9.88. The van der Waals surface area contributed by atoms with Gasteiger partial charge in [-0.3, -0.25) is 9.59 Å². The van der Waals surface area contributed by atoms with Gasteiger partial charge in [0.2, 0.25) is 5.91 Å². The normalized spacial score (nSPS) is 13.9. The molecule has 0 bridgehead atoms. The largest absolute Gasteiger partial charge is 0.493 e. The van der Waals surface area contributed by atoms with Crippen LogP contribution in [0.3, 0.4) is 0 Å². The molecule has 2 aromatic carbocycles. The fourth-order valence-corrected chi connectivity index (χ4v) is 3.63. The molecule has 1 aliphatic heterocycles. The summed E-state index contributed by atoms with van der Waals surface area (Å²) in [6.07, 6.45) is 1.24. The number of anilines is 1. The van der Waals surface area contributed by atoms with E-state index in [1.165, 1.54) is 0 Å². The summed E-state index contributed by atoms with van der Waals surface area (Å²) in [5.74, 6) is 1.42. The van der Waals surface area contributed by atoms with Crippen molar-refractivity contribution in [1.82, 2.24) is 4.90 Å². The smallest absolute Gasteiger partial charge is 0.226 e. The molecular formula is C23H28N2O4. The van der Waals surface area contributed by atoms with Crippen molar-refractivity contribution in [2.45, 2.75) is 20.3 Å². The molecule has 1 aliphatic rings. The third-order valence-electron chi connectivity index (χ3n) is 5.33. The van der Waals surface area contributed by atoms with Gasteiger partial charge in [-0.05, 0) is 49.2 Å². The van der Waals surface area contributed by atoms with Crippen molar-refractivity contribution < 1.29 is 19.1 Å². The molecule has 29 heavy (non-hydrogen) atoms. The van der Waals surface area contributed by atoms with E-state index in [1.807, 2.05) is 49.1 Å². The molecule has 0 unspecified atom stereocenters. The van der Waals surface area contributed by atoms with Crippen molar-refractivity contribution in [3.8, 4) is 11.5 Å². The van der Waals surface area contributed by atoms with Gasteiger partial charge in [-0.15, -0.1) is 0 Å².